The van der Waals surface area contributed by atoms with Gasteiger partial charge in [-0.3, -0.25) is 9.59 Å². The summed E-state index contributed by atoms with van der Waals surface area (Å²) in [6, 6.07) is 7.47. The number of carbonyl (C=O) groups is 2. The average Bonchev–Trinajstić information content (AvgIpc) is 2.92. The van der Waals surface area contributed by atoms with Crippen molar-refractivity contribution in [1.29, 1.82) is 0 Å². The fourth-order valence-corrected chi connectivity index (χ4v) is 3.29. The minimum absolute atomic E-state index is 0. The van der Waals surface area contributed by atoms with Gasteiger partial charge in [0.25, 0.3) is 5.91 Å². The summed E-state index contributed by atoms with van der Waals surface area (Å²) in [5.74, 6) is 0.566. The second-order valence-corrected chi connectivity index (χ2v) is 7.43. The molecule has 140 valence electrons. The minimum Gasteiger partial charge on any atom is -0.346 e. The van der Waals surface area contributed by atoms with Crippen molar-refractivity contribution in [3.8, 4) is 0 Å². The molecule has 0 aromatic heterocycles. The van der Waals surface area contributed by atoms with E-state index < -0.39 is 5.54 Å². The Hall–Kier alpha value is -1.59. The Balaban J connectivity index is 0.00000312. The molecule has 0 radical (unpaired) electrons. The quantitative estimate of drug-likeness (QED) is 0.778. The summed E-state index contributed by atoms with van der Waals surface area (Å²) in [4.78, 5) is 26.0. The predicted octanol–water partition coefficient (Wildman–Crippen LogP) is 2.72. The largest absolute Gasteiger partial charge is 0.346 e. The highest BCUT2D eigenvalue weighted by molar-refractivity contribution is 5.94. The van der Waals surface area contributed by atoms with Crippen LogP contribution >= 0.6 is 12.4 Å². The van der Waals surface area contributed by atoms with E-state index in [0.717, 1.165) is 24.9 Å². The number of nitrogens with one attached hydrogen (secondary N) is 1. The van der Waals surface area contributed by atoms with Crippen molar-refractivity contribution in [2.45, 2.75) is 52.1 Å². The third-order valence-electron chi connectivity index (χ3n) is 4.49. The van der Waals surface area contributed by atoms with Crippen molar-refractivity contribution in [2.24, 2.45) is 11.7 Å². The Morgan fingerprint density at radius 3 is 2.44 bits per heavy atom. The Bertz CT molecular complexity index is 589. The molecule has 1 fully saturated rings. The number of likely N-dealkylation sites (tertiary alicyclic amines) is 1. The fraction of sp³-hybridized carbons (Fsp3) is 0.579. The van der Waals surface area contributed by atoms with E-state index in [0.29, 0.717) is 31.0 Å². The monoisotopic (exact) mass is 367 g/mol. The summed E-state index contributed by atoms with van der Waals surface area (Å²) in [5.41, 5.74) is 7.13. The van der Waals surface area contributed by atoms with Crippen LogP contribution in [-0.2, 0) is 11.3 Å². The van der Waals surface area contributed by atoms with E-state index in [1.54, 1.807) is 0 Å². The molecule has 0 bridgehead atoms. The molecular formula is C19H30ClN3O2. The third-order valence-corrected chi connectivity index (χ3v) is 4.49. The number of rotatable bonds is 7. The Kier molecular flexibility index (Phi) is 7.90. The number of amides is 2. The number of hydrogen-bond acceptors (Lipinski definition) is 3. The highest BCUT2D eigenvalue weighted by atomic mass is 35.5. The zero-order valence-electron chi connectivity index (χ0n) is 15.4. The van der Waals surface area contributed by atoms with E-state index in [1.165, 1.54) is 0 Å². The van der Waals surface area contributed by atoms with Crippen molar-refractivity contribution in [1.82, 2.24) is 10.2 Å². The van der Waals surface area contributed by atoms with Gasteiger partial charge in [-0.1, -0.05) is 26.0 Å². The van der Waals surface area contributed by atoms with Gasteiger partial charge in [-0.15, -0.1) is 12.4 Å². The number of nitrogens with zero attached hydrogens (tertiary/aromatic N) is 1. The lowest BCUT2D eigenvalue weighted by atomic mass is 9.90. The van der Waals surface area contributed by atoms with Crippen molar-refractivity contribution < 1.29 is 9.59 Å². The molecule has 0 saturated carbocycles. The molecule has 1 unspecified atom stereocenters. The lowest BCUT2D eigenvalue weighted by molar-refractivity contribution is -0.128. The van der Waals surface area contributed by atoms with Crippen molar-refractivity contribution in [3.63, 3.8) is 0 Å². The van der Waals surface area contributed by atoms with Gasteiger partial charge in [0, 0.05) is 37.2 Å². The van der Waals surface area contributed by atoms with Gasteiger partial charge in [-0.05, 0) is 43.4 Å². The average molecular weight is 368 g/mol. The van der Waals surface area contributed by atoms with Crippen LogP contribution in [0.15, 0.2) is 24.3 Å². The highest BCUT2D eigenvalue weighted by Gasteiger charge is 2.26. The first kappa shape index (κ1) is 21.5. The second kappa shape index (κ2) is 9.20. The molecule has 6 heteroatoms. The molecular weight excluding hydrogens is 338 g/mol. The molecule has 1 aromatic rings. The smallest absolute Gasteiger partial charge is 0.251 e. The van der Waals surface area contributed by atoms with Crippen LogP contribution in [-0.4, -0.2) is 35.3 Å². The van der Waals surface area contributed by atoms with Crippen LogP contribution in [0.4, 0.5) is 0 Å². The van der Waals surface area contributed by atoms with Crippen LogP contribution in [0, 0.1) is 5.92 Å². The molecule has 25 heavy (non-hydrogen) atoms. The number of benzene rings is 1. The van der Waals surface area contributed by atoms with E-state index in [-0.39, 0.29) is 24.2 Å². The van der Waals surface area contributed by atoms with E-state index in [4.69, 9.17) is 5.73 Å². The number of nitrogens with two attached hydrogens (primary N) is 1. The lowest BCUT2D eigenvalue weighted by Gasteiger charge is -2.31. The Morgan fingerprint density at radius 2 is 1.96 bits per heavy atom. The fourth-order valence-electron chi connectivity index (χ4n) is 3.29. The van der Waals surface area contributed by atoms with Gasteiger partial charge in [0.2, 0.25) is 5.91 Å². The van der Waals surface area contributed by atoms with Crippen molar-refractivity contribution in [2.75, 3.05) is 13.1 Å². The van der Waals surface area contributed by atoms with Gasteiger partial charge in [-0.2, -0.15) is 0 Å². The maximum atomic E-state index is 12.5. The Morgan fingerprint density at radius 1 is 1.32 bits per heavy atom. The molecule has 2 rings (SSSR count). The number of hydrogen-bond donors (Lipinski definition) is 2. The van der Waals surface area contributed by atoms with Crippen LogP contribution in [0.5, 0.6) is 0 Å². The maximum absolute atomic E-state index is 12.5. The molecule has 1 heterocycles. The second-order valence-electron chi connectivity index (χ2n) is 7.43. The van der Waals surface area contributed by atoms with E-state index in [1.807, 2.05) is 36.1 Å². The summed E-state index contributed by atoms with van der Waals surface area (Å²) in [5, 5.41) is 3.06. The van der Waals surface area contributed by atoms with Crippen LogP contribution in [0.25, 0.3) is 0 Å². The van der Waals surface area contributed by atoms with E-state index in [9.17, 15) is 9.59 Å². The SMILES string of the molecule is CC(C)CC(C)(CN)NC(=O)c1ccc(CN2CCCC2=O)cc1.Cl. The van der Waals surface area contributed by atoms with Crippen LogP contribution in [0.3, 0.4) is 0 Å². The molecule has 0 aliphatic carbocycles. The first-order valence-corrected chi connectivity index (χ1v) is 8.72. The van der Waals surface area contributed by atoms with Gasteiger partial charge in [0.15, 0.2) is 0 Å². The summed E-state index contributed by atoms with van der Waals surface area (Å²) < 4.78 is 0. The van der Waals surface area contributed by atoms with Crippen molar-refractivity contribution in [3.05, 3.63) is 35.4 Å². The molecule has 1 saturated heterocycles. The predicted molar refractivity (Wildman–Crippen MR) is 103 cm³/mol. The van der Waals surface area contributed by atoms with Crippen LogP contribution in [0.1, 0.15) is 56.0 Å². The zero-order chi connectivity index (χ0) is 17.7. The van der Waals surface area contributed by atoms with Gasteiger partial charge < -0.3 is 16.0 Å². The molecule has 1 atom stereocenters. The highest BCUT2D eigenvalue weighted by Crippen LogP contribution is 2.17. The molecule has 1 aliphatic heterocycles. The summed E-state index contributed by atoms with van der Waals surface area (Å²) in [6.07, 6.45) is 2.42. The maximum Gasteiger partial charge on any atom is 0.251 e. The molecule has 2 amide bonds. The molecule has 1 aliphatic rings. The number of carbonyl (C=O) groups excluding carboxylic acids is 2. The molecule has 5 nitrogen and oxygen atoms in total. The number of halogens is 1. The van der Waals surface area contributed by atoms with Gasteiger partial charge >= 0.3 is 0 Å². The third kappa shape index (κ3) is 6.01. The summed E-state index contributed by atoms with van der Waals surface area (Å²) >= 11 is 0. The molecule has 3 N–H and O–H groups in total. The van der Waals surface area contributed by atoms with E-state index in [2.05, 4.69) is 19.2 Å². The first-order valence-electron chi connectivity index (χ1n) is 8.72. The van der Waals surface area contributed by atoms with Crippen LogP contribution in [0.2, 0.25) is 0 Å². The standard InChI is InChI=1S/C19H29N3O2.ClH/c1-14(2)11-19(3,13-20)21-18(24)16-8-6-15(7-9-16)12-22-10-4-5-17(22)23;/h6-9,14H,4-5,10-13,20H2,1-3H3,(H,21,24);1H. The van der Waals surface area contributed by atoms with Gasteiger partial charge in [-0.25, -0.2) is 0 Å². The first-order chi connectivity index (χ1) is 11.3. The van der Waals surface area contributed by atoms with Gasteiger partial charge in [0.1, 0.15) is 0 Å². The minimum atomic E-state index is -0.397. The summed E-state index contributed by atoms with van der Waals surface area (Å²) in [7, 11) is 0. The van der Waals surface area contributed by atoms with Gasteiger partial charge in [0.05, 0.1) is 0 Å². The van der Waals surface area contributed by atoms with Crippen LogP contribution < -0.4 is 11.1 Å². The molecule has 1 aromatic carbocycles. The zero-order valence-corrected chi connectivity index (χ0v) is 16.2. The lowest BCUT2D eigenvalue weighted by Crippen LogP contribution is -2.52. The topological polar surface area (TPSA) is 75.4 Å². The summed E-state index contributed by atoms with van der Waals surface area (Å²) in [6.45, 7) is 8.08. The Labute approximate surface area is 156 Å². The molecule has 0 spiro atoms. The van der Waals surface area contributed by atoms with E-state index >= 15 is 0 Å². The normalized spacial score (nSPS) is 16.5. The van der Waals surface area contributed by atoms with Crippen molar-refractivity contribution >= 4 is 24.2 Å².